The van der Waals surface area contributed by atoms with E-state index in [2.05, 4.69) is 9.71 Å². The number of hydrogen-bond donors (Lipinski definition) is 2. The van der Waals surface area contributed by atoms with E-state index in [9.17, 15) is 12.8 Å². The first-order valence-electron chi connectivity index (χ1n) is 6.31. The van der Waals surface area contributed by atoms with Crippen molar-refractivity contribution in [3.63, 3.8) is 0 Å². The van der Waals surface area contributed by atoms with Crippen molar-refractivity contribution in [3.8, 4) is 0 Å². The molecule has 0 atom stereocenters. The molecule has 0 unspecified atom stereocenters. The Balaban J connectivity index is 2.29. The van der Waals surface area contributed by atoms with Crippen LogP contribution in [0.25, 0.3) is 0 Å². The molecule has 0 saturated heterocycles. The standard InChI is InChI=1S/C14H16FN3O2S/c1-10-13(15)5-12(7-16)6-14(10)21(19,20)18-9-11-3-2-4-17-8-11/h2-6,8,18H,7,9,16H2,1H3. The fraction of sp³-hybridized carbons (Fsp3) is 0.214. The van der Waals surface area contributed by atoms with Gasteiger partial charge in [-0.15, -0.1) is 0 Å². The molecule has 0 bridgehead atoms. The monoisotopic (exact) mass is 309 g/mol. The molecule has 0 aliphatic rings. The Morgan fingerprint density at radius 2 is 2.10 bits per heavy atom. The molecule has 0 radical (unpaired) electrons. The van der Waals surface area contributed by atoms with Crippen LogP contribution in [0.5, 0.6) is 0 Å². The lowest BCUT2D eigenvalue weighted by Crippen LogP contribution is -2.24. The summed E-state index contributed by atoms with van der Waals surface area (Å²) in [6.07, 6.45) is 3.16. The van der Waals surface area contributed by atoms with Crippen LogP contribution >= 0.6 is 0 Å². The summed E-state index contributed by atoms with van der Waals surface area (Å²) >= 11 is 0. The van der Waals surface area contributed by atoms with Gasteiger partial charge in [-0.3, -0.25) is 4.98 Å². The molecule has 112 valence electrons. The number of nitrogens with zero attached hydrogens (tertiary/aromatic N) is 1. The molecule has 0 spiro atoms. The molecule has 5 nitrogen and oxygen atoms in total. The molecule has 2 rings (SSSR count). The van der Waals surface area contributed by atoms with Gasteiger partial charge in [0.25, 0.3) is 0 Å². The highest BCUT2D eigenvalue weighted by molar-refractivity contribution is 7.89. The van der Waals surface area contributed by atoms with E-state index in [1.54, 1.807) is 24.5 Å². The summed E-state index contributed by atoms with van der Waals surface area (Å²) in [4.78, 5) is 3.81. The number of nitrogens with two attached hydrogens (primary N) is 1. The molecule has 0 saturated carbocycles. The molecular formula is C14H16FN3O2S. The van der Waals surface area contributed by atoms with Gasteiger partial charge in [0, 0.05) is 31.0 Å². The molecule has 3 N–H and O–H groups in total. The Kier molecular flexibility index (Phi) is 4.66. The van der Waals surface area contributed by atoms with Crippen LogP contribution in [0.4, 0.5) is 4.39 Å². The van der Waals surface area contributed by atoms with Crippen LogP contribution in [-0.4, -0.2) is 13.4 Å². The van der Waals surface area contributed by atoms with E-state index in [-0.39, 0.29) is 23.5 Å². The van der Waals surface area contributed by atoms with E-state index in [0.717, 1.165) is 0 Å². The van der Waals surface area contributed by atoms with Crippen LogP contribution < -0.4 is 10.5 Å². The van der Waals surface area contributed by atoms with Gasteiger partial charge in [0.15, 0.2) is 0 Å². The van der Waals surface area contributed by atoms with Gasteiger partial charge in [-0.2, -0.15) is 0 Å². The minimum Gasteiger partial charge on any atom is -0.326 e. The van der Waals surface area contributed by atoms with Crippen molar-refractivity contribution >= 4 is 10.0 Å². The molecular weight excluding hydrogens is 293 g/mol. The topological polar surface area (TPSA) is 85.1 Å². The fourth-order valence-electron chi connectivity index (χ4n) is 1.86. The second kappa shape index (κ2) is 6.30. The minimum absolute atomic E-state index is 0.0718. The summed E-state index contributed by atoms with van der Waals surface area (Å²) in [6, 6.07) is 6.10. The molecule has 1 aromatic carbocycles. The number of halogens is 1. The lowest BCUT2D eigenvalue weighted by atomic mass is 10.1. The zero-order valence-electron chi connectivity index (χ0n) is 11.5. The smallest absolute Gasteiger partial charge is 0.241 e. The molecule has 21 heavy (non-hydrogen) atoms. The van der Waals surface area contributed by atoms with Gasteiger partial charge in [-0.1, -0.05) is 6.07 Å². The van der Waals surface area contributed by atoms with Gasteiger partial charge in [0.2, 0.25) is 10.0 Å². The van der Waals surface area contributed by atoms with Crippen molar-refractivity contribution < 1.29 is 12.8 Å². The summed E-state index contributed by atoms with van der Waals surface area (Å²) in [6.45, 7) is 1.58. The first-order valence-corrected chi connectivity index (χ1v) is 7.80. The Morgan fingerprint density at radius 3 is 2.71 bits per heavy atom. The van der Waals surface area contributed by atoms with E-state index in [1.807, 2.05) is 0 Å². The van der Waals surface area contributed by atoms with E-state index in [1.165, 1.54) is 19.1 Å². The maximum atomic E-state index is 13.8. The van der Waals surface area contributed by atoms with Crippen molar-refractivity contribution in [2.45, 2.75) is 24.9 Å². The molecule has 1 aromatic heterocycles. The molecule has 2 aromatic rings. The van der Waals surface area contributed by atoms with Gasteiger partial charge in [-0.25, -0.2) is 17.5 Å². The fourth-order valence-corrected chi connectivity index (χ4v) is 3.18. The third-order valence-electron chi connectivity index (χ3n) is 3.07. The number of pyridine rings is 1. The predicted molar refractivity (Wildman–Crippen MR) is 77.3 cm³/mol. The summed E-state index contributed by atoms with van der Waals surface area (Å²) in [5, 5.41) is 0. The van der Waals surface area contributed by atoms with Gasteiger partial charge in [0.05, 0.1) is 4.90 Å². The summed E-state index contributed by atoms with van der Waals surface area (Å²) in [7, 11) is -3.82. The van der Waals surface area contributed by atoms with Crippen molar-refractivity contribution in [2.24, 2.45) is 5.73 Å². The van der Waals surface area contributed by atoms with Crippen molar-refractivity contribution in [2.75, 3.05) is 0 Å². The van der Waals surface area contributed by atoms with E-state index < -0.39 is 15.8 Å². The first-order chi connectivity index (χ1) is 9.94. The van der Waals surface area contributed by atoms with Crippen molar-refractivity contribution in [1.29, 1.82) is 0 Å². The predicted octanol–water partition coefficient (Wildman–Crippen LogP) is 1.47. The van der Waals surface area contributed by atoms with Crippen LogP contribution in [0.1, 0.15) is 16.7 Å². The maximum Gasteiger partial charge on any atom is 0.241 e. The largest absolute Gasteiger partial charge is 0.326 e. The van der Waals surface area contributed by atoms with E-state index in [0.29, 0.717) is 11.1 Å². The second-order valence-corrected chi connectivity index (χ2v) is 6.33. The van der Waals surface area contributed by atoms with E-state index in [4.69, 9.17) is 5.73 Å². The average Bonchev–Trinajstić information content (AvgIpc) is 2.48. The Bertz CT molecular complexity index is 733. The molecule has 7 heteroatoms. The van der Waals surface area contributed by atoms with Gasteiger partial charge in [0.1, 0.15) is 5.82 Å². The SMILES string of the molecule is Cc1c(F)cc(CN)cc1S(=O)(=O)NCc1cccnc1. The van der Waals surface area contributed by atoms with Gasteiger partial charge < -0.3 is 5.73 Å². The highest BCUT2D eigenvalue weighted by Crippen LogP contribution is 2.20. The van der Waals surface area contributed by atoms with E-state index >= 15 is 0 Å². The normalized spacial score (nSPS) is 11.6. The molecule has 0 aliphatic carbocycles. The van der Waals surface area contributed by atoms with Crippen molar-refractivity contribution in [3.05, 3.63) is 59.2 Å². The molecule has 0 fully saturated rings. The lowest BCUT2D eigenvalue weighted by molar-refractivity contribution is 0.573. The Morgan fingerprint density at radius 1 is 1.33 bits per heavy atom. The Hall–Kier alpha value is -1.83. The zero-order chi connectivity index (χ0) is 15.5. The lowest BCUT2D eigenvalue weighted by Gasteiger charge is -2.11. The highest BCUT2D eigenvalue weighted by atomic mass is 32.2. The maximum absolute atomic E-state index is 13.8. The number of hydrogen-bond acceptors (Lipinski definition) is 4. The average molecular weight is 309 g/mol. The number of aromatic nitrogens is 1. The quantitative estimate of drug-likeness (QED) is 0.876. The third-order valence-corrected chi connectivity index (χ3v) is 4.60. The summed E-state index contributed by atoms with van der Waals surface area (Å²) in [5.41, 5.74) is 6.68. The zero-order valence-corrected chi connectivity index (χ0v) is 12.3. The second-order valence-electron chi connectivity index (χ2n) is 4.59. The first kappa shape index (κ1) is 15.6. The van der Waals surface area contributed by atoms with Crippen LogP contribution in [-0.2, 0) is 23.1 Å². The van der Waals surface area contributed by atoms with Gasteiger partial charge in [-0.05, 0) is 36.2 Å². The molecule has 0 aliphatic heterocycles. The third kappa shape index (κ3) is 3.63. The Labute approximate surface area is 123 Å². The van der Waals surface area contributed by atoms with Crippen LogP contribution in [0.3, 0.4) is 0 Å². The minimum atomic E-state index is -3.82. The number of sulfonamides is 1. The van der Waals surface area contributed by atoms with Gasteiger partial charge >= 0.3 is 0 Å². The molecule has 0 amide bonds. The number of rotatable bonds is 5. The van der Waals surface area contributed by atoms with Crippen LogP contribution in [0.15, 0.2) is 41.6 Å². The summed E-state index contributed by atoms with van der Waals surface area (Å²) < 4.78 is 40.8. The van der Waals surface area contributed by atoms with Crippen LogP contribution in [0.2, 0.25) is 0 Å². The molecule has 1 heterocycles. The highest BCUT2D eigenvalue weighted by Gasteiger charge is 2.19. The van der Waals surface area contributed by atoms with Crippen molar-refractivity contribution in [1.82, 2.24) is 9.71 Å². The number of nitrogens with one attached hydrogen (secondary N) is 1. The number of benzene rings is 1. The van der Waals surface area contributed by atoms with Crippen LogP contribution in [0, 0.1) is 12.7 Å². The summed E-state index contributed by atoms with van der Waals surface area (Å²) in [5.74, 6) is -0.584.